The fourth-order valence-electron chi connectivity index (χ4n) is 1.89. The molecule has 94 valence electrons. The number of β-amino-alcohol motifs (C(OH)–C–C–N with tert-alkyl or cyclic N) is 1. The van der Waals surface area contributed by atoms with Gasteiger partial charge in [0, 0.05) is 19.1 Å². The van der Waals surface area contributed by atoms with E-state index in [-0.39, 0.29) is 17.9 Å². The summed E-state index contributed by atoms with van der Waals surface area (Å²) in [7, 11) is -3.13. The zero-order chi connectivity index (χ0) is 12.3. The third-order valence-corrected chi connectivity index (χ3v) is 4.26. The van der Waals surface area contributed by atoms with Gasteiger partial charge in [-0.15, -0.1) is 0 Å². The number of nitrogens with zero attached hydrogens (tertiary/aromatic N) is 1. The Labute approximate surface area is 94.8 Å². The summed E-state index contributed by atoms with van der Waals surface area (Å²) in [4.78, 5) is 12.4. The molecule has 0 aromatic rings. The first-order valence-electron chi connectivity index (χ1n) is 5.14. The first-order valence-corrected chi connectivity index (χ1v) is 6.96. The van der Waals surface area contributed by atoms with Gasteiger partial charge in [-0.2, -0.15) is 0 Å². The molecule has 0 aromatic heterocycles. The second-order valence-electron chi connectivity index (χ2n) is 4.21. The van der Waals surface area contributed by atoms with Crippen LogP contribution in [0.25, 0.3) is 0 Å². The van der Waals surface area contributed by atoms with Crippen LogP contribution in [0, 0.1) is 0 Å². The first kappa shape index (κ1) is 13.4. The molecule has 2 unspecified atom stereocenters. The Morgan fingerprint density at radius 3 is 2.69 bits per heavy atom. The molecule has 1 heterocycles. The molecule has 1 saturated heterocycles. The lowest BCUT2D eigenvalue weighted by molar-refractivity contribution is -0.138. The van der Waals surface area contributed by atoms with Crippen LogP contribution in [-0.2, 0) is 14.6 Å². The van der Waals surface area contributed by atoms with Gasteiger partial charge in [-0.25, -0.2) is 8.42 Å². The highest BCUT2D eigenvalue weighted by molar-refractivity contribution is 7.91. The predicted molar refractivity (Wildman–Crippen MR) is 57.9 cm³/mol. The van der Waals surface area contributed by atoms with Crippen molar-refractivity contribution in [1.82, 2.24) is 4.90 Å². The average molecular weight is 251 g/mol. The largest absolute Gasteiger partial charge is 0.481 e. The number of aliphatic hydroxyl groups excluding tert-OH is 1. The lowest BCUT2D eigenvalue weighted by Gasteiger charge is -2.35. The van der Waals surface area contributed by atoms with Crippen molar-refractivity contribution in [3.05, 3.63) is 0 Å². The van der Waals surface area contributed by atoms with Gasteiger partial charge in [0.2, 0.25) is 0 Å². The highest BCUT2D eigenvalue weighted by atomic mass is 32.2. The normalized spacial score (nSPS) is 27.5. The van der Waals surface area contributed by atoms with E-state index in [0.717, 1.165) is 0 Å². The topological polar surface area (TPSA) is 94.9 Å². The van der Waals surface area contributed by atoms with E-state index in [9.17, 15) is 18.3 Å². The minimum Gasteiger partial charge on any atom is -0.481 e. The highest BCUT2D eigenvalue weighted by Crippen LogP contribution is 2.15. The van der Waals surface area contributed by atoms with Gasteiger partial charge in [0.05, 0.1) is 24.0 Å². The number of aliphatic carboxylic acids is 1. The Morgan fingerprint density at radius 2 is 2.19 bits per heavy atom. The number of sulfone groups is 1. The van der Waals surface area contributed by atoms with E-state index in [1.54, 1.807) is 11.8 Å². The van der Waals surface area contributed by atoms with Crippen LogP contribution in [0.2, 0.25) is 0 Å². The summed E-state index contributed by atoms with van der Waals surface area (Å²) in [6.07, 6.45) is -0.788. The molecule has 0 spiro atoms. The molecule has 2 atom stereocenters. The second-order valence-corrected chi connectivity index (χ2v) is 6.44. The summed E-state index contributed by atoms with van der Waals surface area (Å²) in [6, 6.07) is -0.522. The molecule has 0 bridgehead atoms. The second kappa shape index (κ2) is 5.11. The van der Waals surface area contributed by atoms with Crippen molar-refractivity contribution >= 4 is 15.8 Å². The van der Waals surface area contributed by atoms with Crippen molar-refractivity contribution in [2.75, 3.05) is 24.6 Å². The van der Waals surface area contributed by atoms with Gasteiger partial charge >= 0.3 is 5.97 Å². The number of aliphatic hydroxyl groups is 1. The molecule has 0 radical (unpaired) electrons. The molecule has 7 heteroatoms. The Kier molecular flexibility index (Phi) is 4.28. The maximum atomic E-state index is 11.4. The SMILES string of the molecule is CC(O)CN1CCS(=O)(=O)CC1CC(=O)O. The number of hydrogen-bond donors (Lipinski definition) is 2. The molecule has 1 rings (SSSR count). The Balaban J connectivity index is 2.71. The molecule has 2 N–H and O–H groups in total. The van der Waals surface area contributed by atoms with Gasteiger partial charge < -0.3 is 10.2 Å². The van der Waals surface area contributed by atoms with E-state index in [1.165, 1.54) is 0 Å². The Bertz CT molecular complexity index is 351. The zero-order valence-corrected chi connectivity index (χ0v) is 9.98. The fraction of sp³-hybridized carbons (Fsp3) is 0.889. The quantitative estimate of drug-likeness (QED) is 0.661. The summed E-state index contributed by atoms with van der Waals surface area (Å²) in [5, 5.41) is 18.0. The minimum absolute atomic E-state index is 0.0375. The van der Waals surface area contributed by atoms with Crippen molar-refractivity contribution in [2.45, 2.75) is 25.5 Å². The number of hydrogen-bond acceptors (Lipinski definition) is 5. The van der Waals surface area contributed by atoms with Crippen LogP contribution in [0.15, 0.2) is 0 Å². The average Bonchev–Trinajstić information content (AvgIpc) is 2.07. The van der Waals surface area contributed by atoms with Crippen molar-refractivity contribution in [1.29, 1.82) is 0 Å². The van der Waals surface area contributed by atoms with E-state index in [2.05, 4.69) is 0 Å². The fourth-order valence-corrected chi connectivity index (χ4v) is 3.48. The zero-order valence-electron chi connectivity index (χ0n) is 9.16. The molecular weight excluding hydrogens is 234 g/mol. The lowest BCUT2D eigenvalue weighted by Crippen LogP contribution is -2.51. The molecule has 1 fully saturated rings. The maximum absolute atomic E-state index is 11.4. The van der Waals surface area contributed by atoms with E-state index in [4.69, 9.17) is 5.11 Å². The third-order valence-electron chi connectivity index (χ3n) is 2.56. The van der Waals surface area contributed by atoms with Gasteiger partial charge in [0.25, 0.3) is 0 Å². The van der Waals surface area contributed by atoms with Crippen molar-refractivity contribution < 1.29 is 23.4 Å². The predicted octanol–water partition coefficient (Wildman–Crippen LogP) is -1.06. The molecule has 0 aliphatic carbocycles. The standard InChI is InChI=1S/C9H17NO5S/c1-7(11)5-10-2-3-16(14,15)6-8(10)4-9(12)13/h7-8,11H,2-6H2,1H3,(H,12,13). The van der Waals surface area contributed by atoms with E-state index < -0.39 is 28.0 Å². The van der Waals surface area contributed by atoms with Crippen LogP contribution >= 0.6 is 0 Å². The van der Waals surface area contributed by atoms with Crippen LogP contribution in [0.4, 0.5) is 0 Å². The molecule has 16 heavy (non-hydrogen) atoms. The Morgan fingerprint density at radius 1 is 1.56 bits per heavy atom. The van der Waals surface area contributed by atoms with Crippen LogP contribution in [0.5, 0.6) is 0 Å². The van der Waals surface area contributed by atoms with E-state index in [0.29, 0.717) is 13.1 Å². The summed E-state index contributed by atoms with van der Waals surface area (Å²) >= 11 is 0. The monoisotopic (exact) mass is 251 g/mol. The van der Waals surface area contributed by atoms with E-state index in [1.807, 2.05) is 0 Å². The highest BCUT2D eigenvalue weighted by Gasteiger charge is 2.32. The van der Waals surface area contributed by atoms with Gasteiger partial charge in [0.15, 0.2) is 9.84 Å². The first-order chi connectivity index (χ1) is 7.30. The van der Waals surface area contributed by atoms with Crippen molar-refractivity contribution in [3.8, 4) is 0 Å². The number of carboxylic acid groups (broad SMARTS) is 1. The smallest absolute Gasteiger partial charge is 0.304 e. The van der Waals surface area contributed by atoms with Crippen molar-refractivity contribution in [3.63, 3.8) is 0 Å². The van der Waals surface area contributed by atoms with Crippen LogP contribution in [0.1, 0.15) is 13.3 Å². The van der Waals surface area contributed by atoms with E-state index >= 15 is 0 Å². The maximum Gasteiger partial charge on any atom is 0.304 e. The van der Waals surface area contributed by atoms with Crippen LogP contribution < -0.4 is 0 Å². The van der Waals surface area contributed by atoms with Crippen molar-refractivity contribution in [2.24, 2.45) is 0 Å². The number of carbonyl (C=O) groups is 1. The van der Waals surface area contributed by atoms with Gasteiger partial charge in [0.1, 0.15) is 0 Å². The number of carboxylic acids is 1. The summed E-state index contributed by atoms with van der Waals surface area (Å²) in [6.45, 7) is 2.21. The molecule has 1 aliphatic rings. The molecular formula is C9H17NO5S. The van der Waals surface area contributed by atoms with Crippen LogP contribution in [-0.4, -0.2) is 66.2 Å². The lowest BCUT2D eigenvalue weighted by atomic mass is 10.2. The minimum atomic E-state index is -3.13. The molecule has 1 aliphatic heterocycles. The van der Waals surface area contributed by atoms with Gasteiger partial charge in [-0.05, 0) is 6.92 Å². The molecule has 6 nitrogen and oxygen atoms in total. The summed E-state index contributed by atoms with van der Waals surface area (Å²) in [5.41, 5.74) is 0. The molecule has 0 amide bonds. The van der Waals surface area contributed by atoms with Gasteiger partial charge in [-0.1, -0.05) is 0 Å². The summed E-state index contributed by atoms with van der Waals surface area (Å²) in [5.74, 6) is -1.11. The molecule has 0 saturated carbocycles. The van der Waals surface area contributed by atoms with Crippen LogP contribution in [0.3, 0.4) is 0 Å². The van der Waals surface area contributed by atoms with Gasteiger partial charge in [-0.3, -0.25) is 9.69 Å². The molecule has 0 aromatic carbocycles. The third kappa shape index (κ3) is 4.07. The number of rotatable bonds is 4. The summed E-state index contributed by atoms with van der Waals surface area (Å²) < 4.78 is 22.8. The Hall–Kier alpha value is -0.660.